The minimum Gasteiger partial charge on any atom is -0.327 e. The fourth-order valence-electron chi connectivity index (χ4n) is 4.46. The highest BCUT2D eigenvalue weighted by Crippen LogP contribution is 2.42. The fraction of sp³-hybridized carbons (Fsp3) is 0.556. The van der Waals surface area contributed by atoms with E-state index in [1.54, 1.807) is 11.7 Å². The molecule has 4 rings (SSSR count). The van der Waals surface area contributed by atoms with E-state index in [9.17, 15) is 4.79 Å². The lowest BCUT2D eigenvalue weighted by atomic mass is 9.65. The molecule has 1 heterocycles. The number of halogens is 1. The third-order valence-electron chi connectivity index (χ3n) is 5.79. The molecule has 2 aromatic rings. The first-order valence-electron chi connectivity index (χ1n) is 9.01. The van der Waals surface area contributed by atoms with Gasteiger partial charge in [0.25, 0.3) is 0 Å². The zero-order chi connectivity index (χ0) is 17.4. The van der Waals surface area contributed by atoms with Crippen LogP contribution in [0.5, 0.6) is 0 Å². The highest BCUT2D eigenvalue weighted by atomic mass is 35.5. The van der Waals surface area contributed by atoms with Crippen LogP contribution in [-0.4, -0.2) is 32.2 Å². The smallest absolute Gasteiger partial charge is 0.227 e. The number of aryl methyl sites for hydroxylation is 1. The van der Waals surface area contributed by atoms with Crippen molar-refractivity contribution in [2.24, 2.45) is 30.5 Å². The van der Waals surface area contributed by atoms with E-state index in [-0.39, 0.29) is 30.3 Å². The van der Waals surface area contributed by atoms with E-state index in [0.29, 0.717) is 17.7 Å². The van der Waals surface area contributed by atoms with Crippen LogP contribution in [0, 0.1) is 17.8 Å². The second kappa shape index (κ2) is 7.72. The van der Waals surface area contributed by atoms with Gasteiger partial charge in [-0.2, -0.15) is 0 Å². The number of hydrogen-bond donors (Lipinski definition) is 2. The molecule has 2 fully saturated rings. The van der Waals surface area contributed by atoms with Gasteiger partial charge in [-0.3, -0.25) is 4.79 Å². The molecule has 8 heteroatoms. The molecule has 1 aromatic heterocycles. The number of tetrazole rings is 1. The van der Waals surface area contributed by atoms with Gasteiger partial charge in [0.2, 0.25) is 5.91 Å². The Morgan fingerprint density at radius 3 is 2.65 bits per heavy atom. The predicted molar refractivity (Wildman–Crippen MR) is 102 cm³/mol. The number of nitrogens with two attached hydrogens (primary N) is 1. The Hall–Kier alpha value is -1.99. The number of rotatable bonds is 3. The zero-order valence-electron chi connectivity index (χ0n) is 14.8. The second-order valence-electron chi connectivity index (χ2n) is 7.39. The molecule has 2 saturated carbocycles. The predicted octanol–water partition coefficient (Wildman–Crippen LogP) is 2.39. The average Bonchev–Trinajstić information content (AvgIpc) is 3.01. The van der Waals surface area contributed by atoms with Crippen LogP contribution in [-0.2, 0) is 11.8 Å². The van der Waals surface area contributed by atoms with Gasteiger partial charge in [-0.15, -0.1) is 17.5 Å². The first kappa shape index (κ1) is 18.8. The first-order chi connectivity index (χ1) is 12.1. The summed E-state index contributed by atoms with van der Waals surface area (Å²) < 4.78 is 1.62. The van der Waals surface area contributed by atoms with Crippen molar-refractivity contribution in [2.75, 3.05) is 5.32 Å². The van der Waals surface area contributed by atoms with Gasteiger partial charge in [-0.25, -0.2) is 4.68 Å². The molecule has 2 unspecified atom stereocenters. The van der Waals surface area contributed by atoms with Crippen LogP contribution >= 0.6 is 12.4 Å². The number of benzene rings is 1. The number of carbonyl (C=O) groups is 1. The van der Waals surface area contributed by atoms with E-state index in [1.165, 1.54) is 6.42 Å². The van der Waals surface area contributed by atoms with Crippen molar-refractivity contribution in [2.45, 2.75) is 38.1 Å². The number of nitrogens with zero attached hydrogens (tertiary/aromatic N) is 4. The second-order valence-corrected chi connectivity index (χ2v) is 7.39. The lowest BCUT2D eigenvalue weighted by molar-refractivity contribution is -0.122. The van der Waals surface area contributed by atoms with Crippen LogP contribution in [0.25, 0.3) is 11.4 Å². The molecule has 0 aliphatic heterocycles. The third-order valence-corrected chi connectivity index (χ3v) is 5.79. The van der Waals surface area contributed by atoms with Crippen LogP contribution in [0.1, 0.15) is 32.1 Å². The summed E-state index contributed by atoms with van der Waals surface area (Å²) in [6.45, 7) is 0. The van der Waals surface area contributed by atoms with Crippen molar-refractivity contribution in [1.82, 2.24) is 20.2 Å². The first-order valence-corrected chi connectivity index (χ1v) is 9.01. The summed E-state index contributed by atoms with van der Waals surface area (Å²) in [5.74, 6) is 1.85. The number of hydrogen-bond acceptors (Lipinski definition) is 5. The molecule has 140 valence electrons. The molecule has 2 atom stereocenters. The van der Waals surface area contributed by atoms with Gasteiger partial charge in [0, 0.05) is 30.3 Å². The summed E-state index contributed by atoms with van der Waals surface area (Å²) in [7, 11) is 1.80. The molecular weight excluding hydrogens is 352 g/mol. The van der Waals surface area contributed by atoms with Gasteiger partial charge in [-0.05, 0) is 60.1 Å². The minimum absolute atomic E-state index is 0. The lowest BCUT2D eigenvalue weighted by Gasteiger charge is -2.43. The Morgan fingerprint density at radius 1 is 1.27 bits per heavy atom. The van der Waals surface area contributed by atoms with E-state index in [0.717, 1.165) is 36.9 Å². The minimum atomic E-state index is 0. The van der Waals surface area contributed by atoms with Crippen LogP contribution in [0.15, 0.2) is 24.3 Å². The Morgan fingerprint density at radius 2 is 2.00 bits per heavy atom. The van der Waals surface area contributed by atoms with Gasteiger partial charge in [0.05, 0.1) is 0 Å². The number of aromatic nitrogens is 4. The van der Waals surface area contributed by atoms with Crippen LogP contribution in [0.2, 0.25) is 0 Å². The lowest BCUT2D eigenvalue weighted by Crippen LogP contribution is -2.48. The highest BCUT2D eigenvalue weighted by Gasteiger charge is 2.40. The van der Waals surface area contributed by atoms with Gasteiger partial charge in [0.1, 0.15) is 0 Å². The van der Waals surface area contributed by atoms with E-state index >= 15 is 0 Å². The summed E-state index contributed by atoms with van der Waals surface area (Å²) >= 11 is 0. The molecule has 1 aromatic carbocycles. The van der Waals surface area contributed by atoms with Gasteiger partial charge < -0.3 is 11.1 Å². The average molecular weight is 377 g/mol. The number of fused-ring (bicyclic) bond motifs is 2. The molecule has 0 radical (unpaired) electrons. The third kappa shape index (κ3) is 3.59. The molecular formula is C18H25ClN6O. The Kier molecular flexibility index (Phi) is 5.58. The van der Waals surface area contributed by atoms with Crippen LogP contribution in [0.3, 0.4) is 0 Å². The number of carbonyl (C=O) groups excluding carboxylic acids is 1. The van der Waals surface area contributed by atoms with Crippen molar-refractivity contribution in [3.05, 3.63) is 24.3 Å². The summed E-state index contributed by atoms with van der Waals surface area (Å²) in [4.78, 5) is 12.8. The fourth-order valence-corrected chi connectivity index (χ4v) is 4.46. The maximum atomic E-state index is 12.8. The molecule has 0 spiro atoms. The van der Waals surface area contributed by atoms with Crippen molar-refractivity contribution >= 4 is 24.0 Å². The van der Waals surface area contributed by atoms with E-state index in [1.807, 2.05) is 24.3 Å². The molecule has 26 heavy (non-hydrogen) atoms. The van der Waals surface area contributed by atoms with E-state index in [2.05, 4.69) is 20.8 Å². The zero-order valence-corrected chi connectivity index (χ0v) is 15.7. The van der Waals surface area contributed by atoms with Crippen molar-refractivity contribution < 1.29 is 4.79 Å². The monoisotopic (exact) mass is 376 g/mol. The quantitative estimate of drug-likeness (QED) is 0.856. The van der Waals surface area contributed by atoms with Gasteiger partial charge in [0.15, 0.2) is 5.82 Å². The van der Waals surface area contributed by atoms with Crippen molar-refractivity contribution in [3.8, 4) is 11.4 Å². The summed E-state index contributed by atoms with van der Waals surface area (Å²) in [6, 6.07) is 7.94. The maximum Gasteiger partial charge on any atom is 0.227 e. The van der Waals surface area contributed by atoms with Crippen LogP contribution < -0.4 is 11.1 Å². The Balaban J connectivity index is 0.00000196. The molecule has 2 aliphatic carbocycles. The SMILES string of the molecule is Cl.Cn1nnnc1-c1cccc(NC(=O)C2CC3CCCC(C2)C3N)c1. The van der Waals surface area contributed by atoms with Crippen LogP contribution in [0.4, 0.5) is 5.69 Å². The normalized spacial score (nSPS) is 27.5. The molecule has 2 aliphatic rings. The van der Waals surface area contributed by atoms with Gasteiger partial charge in [-0.1, -0.05) is 18.6 Å². The largest absolute Gasteiger partial charge is 0.327 e. The number of nitrogens with one attached hydrogen (secondary N) is 1. The molecule has 7 nitrogen and oxygen atoms in total. The standard InChI is InChI=1S/C18H24N6O.ClH/c1-24-17(21-22-23-24)13-6-3-7-15(10-13)20-18(25)14-8-11-4-2-5-12(9-14)16(11)19;/h3,6-7,10-12,14,16H,2,4-5,8-9,19H2,1H3,(H,20,25);1H. The van der Waals surface area contributed by atoms with Gasteiger partial charge >= 0.3 is 0 Å². The molecule has 1 amide bonds. The summed E-state index contributed by atoms with van der Waals surface area (Å²) in [5.41, 5.74) is 8.00. The maximum absolute atomic E-state index is 12.8. The summed E-state index contributed by atoms with van der Waals surface area (Å²) in [6.07, 6.45) is 5.41. The molecule has 2 bridgehead atoms. The molecule has 0 saturated heterocycles. The Labute approximate surface area is 159 Å². The Bertz CT molecular complexity index is 765. The van der Waals surface area contributed by atoms with Crippen molar-refractivity contribution in [1.29, 1.82) is 0 Å². The van der Waals surface area contributed by atoms with Crippen molar-refractivity contribution in [3.63, 3.8) is 0 Å². The molecule has 3 N–H and O–H groups in total. The topological polar surface area (TPSA) is 98.7 Å². The van der Waals surface area contributed by atoms with E-state index < -0.39 is 0 Å². The number of anilines is 1. The van der Waals surface area contributed by atoms with E-state index in [4.69, 9.17) is 5.73 Å². The number of amides is 1. The summed E-state index contributed by atoms with van der Waals surface area (Å²) in [5, 5.41) is 14.6. The highest BCUT2D eigenvalue weighted by molar-refractivity contribution is 5.93.